The molecule has 4 nitrogen and oxygen atoms in total. The van der Waals surface area contributed by atoms with Gasteiger partial charge < -0.3 is 14.2 Å². The summed E-state index contributed by atoms with van der Waals surface area (Å²) in [7, 11) is 0. The van der Waals surface area contributed by atoms with Gasteiger partial charge in [-0.1, -0.05) is 18.7 Å². The smallest absolute Gasteiger partial charge is 0.330 e. The monoisotopic (exact) mass is 235 g/mol. The first kappa shape index (κ1) is 13.3. The highest BCUT2D eigenvalue weighted by Crippen LogP contribution is 2.07. The highest BCUT2D eigenvalue weighted by atomic mass is 16.6. The summed E-state index contributed by atoms with van der Waals surface area (Å²) in [4.78, 5) is 10.7. The van der Waals surface area contributed by atoms with E-state index in [1.165, 1.54) is 0 Å². The molecule has 1 aromatic rings. The minimum atomic E-state index is -0.439. The molecule has 0 atom stereocenters. The zero-order valence-electron chi connectivity index (χ0n) is 9.56. The van der Waals surface area contributed by atoms with Crippen molar-refractivity contribution in [3.05, 3.63) is 43.0 Å². The Morgan fingerprint density at radius 3 is 2.65 bits per heavy atom. The molecule has 0 bridgehead atoms. The molecule has 0 spiro atoms. The number of hydrogen-bond donors (Lipinski definition) is 0. The quantitative estimate of drug-likeness (QED) is 0.390. The van der Waals surface area contributed by atoms with Crippen molar-refractivity contribution in [2.75, 3.05) is 26.4 Å². The van der Waals surface area contributed by atoms with Crippen molar-refractivity contribution in [2.45, 2.75) is 0 Å². The third-order valence-electron chi connectivity index (χ3n) is 1.82. The number of benzene rings is 1. The number of hydrogen-bond acceptors (Lipinski definition) is 4. The van der Waals surface area contributed by atoms with Crippen LogP contribution < -0.4 is 4.74 Å². The minimum absolute atomic E-state index is 0.227. The fourth-order valence-corrected chi connectivity index (χ4v) is 1.05. The van der Waals surface area contributed by atoms with E-state index in [1.54, 1.807) is 12.1 Å². The van der Waals surface area contributed by atoms with Gasteiger partial charge in [0.1, 0.15) is 19.0 Å². The molecule has 0 aliphatic heterocycles. The van der Waals surface area contributed by atoms with Crippen molar-refractivity contribution in [3.63, 3.8) is 0 Å². The van der Waals surface area contributed by atoms with Gasteiger partial charge in [-0.15, -0.1) is 0 Å². The SMILES string of the molecule is C=CC(=O)OCCOCCOc1cc[c]cc1. The third kappa shape index (κ3) is 6.37. The second-order valence-electron chi connectivity index (χ2n) is 3.07. The van der Waals surface area contributed by atoms with Gasteiger partial charge in [-0.3, -0.25) is 0 Å². The molecule has 17 heavy (non-hydrogen) atoms. The molecular formula is C13H15O4. The fourth-order valence-electron chi connectivity index (χ4n) is 1.05. The van der Waals surface area contributed by atoms with Crippen molar-refractivity contribution >= 4 is 5.97 Å². The highest BCUT2D eigenvalue weighted by molar-refractivity contribution is 5.81. The van der Waals surface area contributed by atoms with E-state index in [1.807, 2.05) is 12.1 Å². The average molecular weight is 235 g/mol. The largest absolute Gasteiger partial charge is 0.491 e. The van der Waals surface area contributed by atoms with Crippen molar-refractivity contribution in [1.29, 1.82) is 0 Å². The van der Waals surface area contributed by atoms with Crippen LogP contribution in [-0.2, 0) is 14.3 Å². The van der Waals surface area contributed by atoms with Crippen LogP contribution in [0.3, 0.4) is 0 Å². The lowest BCUT2D eigenvalue weighted by Gasteiger charge is -2.06. The lowest BCUT2D eigenvalue weighted by molar-refractivity contribution is -0.139. The summed E-state index contributed by atoms with van der Waals surface area (Å²) in [6.45, 7) is 4.77. The van der Waals surface area contributed by atoms with Gasteiger partial charge in [-0.2, -0.15) is 0 Å². The van der Waals surface area contributed by atoms with Crippen LogP contribution in [0.25, 0.3) is 0 Å². The molecule has 0 aliphatic rings. The van der Waals surface area contributed by atoms with Crippen LogP contribution in [0, 0.1) is 6.07 Å². The van der Waals surface area contributed by atoms with Gasteiger partial charge in [0.05, 0.1) is 13.2 Å². The molecule has 0 aromatic heterocycles. The van der Waals surface area contributed by atoms with Crippen molar-refractivity contribution in [2.24, 2.45) is 0 Å². The predicted octanol–water partition coefficient (Wildman–Crippen LogP) is 1.61. The summed E-state index contributed by atoms with van der Waals surface area (Å²) >= 11 is 0. The third-order valence-corrected chi connectivity index (χ3v) is 1.82. The van der Waals surface area contributed by atoms with E-state index in [-0.39, 0.29) is 6.61 Å². The molecule has 0 saturated carbocycles. The fraction of sp³-hybridized carbons (Fsp3) is 0.308. The molecule has 0 amide bonds. The molecular weight excluding hydrogens is 220 g/mol. The summed E-state index contributed by atoms with van der Waals surface area (Å²) in [5, 5.41) is 0. The van der Waals surface area contributed by atoms with Gasteiger partial charge in [0.2, 0.25) is 0 Å². The number of carbonyl (C=O) groups excluding carboxylic acids is 1. The van der Waals surface area contributed by atoms with E-state index in [9.17, 15) is 4.79 Å². The second kappa shape index (κ2) is 8.35. The van der Waals surface area contributed by atoms with Gasteiger partial charge in [-0.25, -0.2) is 4.79 Å². The first-order valence-electron chi connectivity index (χ1n) is 5.29. The first-order valence-corrected chi connectivity index (χ1v) is 5.29. The van der Waals surface area contributed by atoms with Crippen molar-refractivity contribution in [1.82, 2.24) is 0 Å². The van der Waals surface area contributed by atoms with Gasteiger partial charge >= 0.3 is 5.97 Å². The van der Waals surface area contributed by atoms with Gasteiger partial charge in [0.25, 0.3) is 0 Å². The maximum absolute atomic E-state index is 10.7. The zero-order valence-corrected chi connectivity index (χ0v) is 9.56. The van der Waals surface area contributed by atoms with E-state index in [0.717, 1.165) is 11.8 Å². The molecule has 0 fully saturated rings. The minimum Gasteiger partial charge on any atom is -0.491 e. The Kier molecular flexibility index (Phi) is 6.51. The molecule has 0 N–H and O–H groups in total. The molecule has 0 saturated heterocycles. The molecule has 1 aromatic carbocycles. The number of esters is 1. The Labute approximate surface area is 101 Å². The number of carbonyl (C=O) groups is 1. The standard InChI is InChI=1S/C13H15O4/c1-2-13(14)17-11-9-15-8-10-16-12-6-4-3-5-7-12/h2,4-7H,1,8-11H2. The Bertz CT molecular complexity index is 335. The number of ether oxygens (including phenoxy) is 3. The van der Waals surface area contributed by atoms with Crippen LogP contribution in [0.5, 0.6) is 5.75 Å². The summed E-state index contributed by atoms with van der Waals surface area (Å²) in [5.41, 5.74) is 0. The lowest BCUT2D eigenvalue weighted by Crippen LogP contribution is -2.12. The molecule has 0 heterocycles. The summed E-state index contributed by atoms with van der Waals surface area (Å²) in [6.07, 6.45) is 1.12. The normalized spacial score (nSPS) is 9.65. The molecule has 4 heteroatoms. The Balaban J connectivity index is 1.95. The predicted molar refractivity (Wildman–Crippen MR) is 62.7 cm³/mol. The zero-order chi connectivity index (χ0) is 12.3. The lowest BCUT2D eigenvalue weighted by atomic mass is 10.3. The molecule has 0 unspecified atom stereocenters. The molecule has 1 radical (unpaired) electrons. The van der Waals surface area contributed by atoms with Crippen LogP contribution in [0.2, 0.25) is 0 Å². The highest BCUT2D eigenvalue weighted by Gasteiger charge is 1.95. The maximum atomic E-state index is 10.7. The number of rotatable bonds is 8. The van der Waals surface area contributed by atoms with Crippen LogP contribution in [0.1, 0.15) is 0 Å². The molecule has 91 valence electrons. The summed E-state index contributed by atoms with van der Waals surface area (Å²) < 4.78 is 15.3. The first-order chi connectivity index (χ1) is 8.33. The second-order valence-corrected chi connectivity index (χ2v) is 3.07. The van der Waals surface area contributed by atoms with Crippen molar-refractivity contribution < 1.29 is 19.0 Å². The summed E-state index contributed by atoms with van der Waals surface area (Å²) in [5.74, 6) is 0.343. The Hall–Kier alpha value is -1.81. The van der Waals surface area contributed by atoms with E-state index < -0.39 is 5.97 Å². The van der Waals surface area contributed by atoms with E-state index in [2.05, 4.69) is 12.6 Å². The van der Waals surface area contributed by atoms with Gasteiger partial charge in [-0.05, 0) is 18.2 Å². The average Bonchev–Trinajstić information content (AvgIpc) is 2.38. The Morgan fingerprint density at radius 2 is 1.94 bits per heavy atom. The van der Waals surface area contributed by atoms with Crippen LogP contribution in [-0.4, -0.2) is 32.4 Å². The van der Waals surface area contributed by atoms with Crippen LogP contribution in [0.4, 0.5) is 0 Å². The topological polar surface area (TPSA) is 44.8 Å². The molecule has 1 rings (SSSR count). The molecule has 0 aliphatic carbocycles. The van der Waals surface area contributed by atoms with E-state index in [4.69, 9.17) is 14.2 Å². The van der Waals surface area contributed by atoms with E-state index in [0.29, 0.717) is 19.8 Å². The van der Waals surface area contributed by atoms with Gasteiger partial charge in [0.15, 0.2) is 0 Å². The summed E-state index contributed by atoms with van der Waals surface area (Å²) in [6, 6.07) is 10.1. The Morgan fingerprint density at radius 1 is 1.24 bits per heavy atom. The van der Waals surface area contributed by atoms with Crippen LogP contribution >= 0.6 is 0 Å². The van der Waals surface area contributed by atoms with E-state index >= 15 is 0 Å². The van der Waals surface area contributed by atoms with Gasteiger partial charge in [0, 0.05) is 6.08 Å². The van der Waals surface area contributed by atoms with Crippen LogP contribution in [0.15, 0.2) is 36.9 Å². The van der Waals surface area contributed by atoms with Crippen molar-refractivity contribution in [3.8, 4) is 5.75 Å². The maximum Gasteiger partial charge on any atom is 0.330 e.